The highest BCUT2D eigenvalue weighted by Gasteiger charge is 2.14. The Morgan fingerprint density at radius 1 is 0.560 bits per heavy atom. The predicted octanol–water partition coefficient (Wildman–Crippen LogP) is 12.4. The molecule has 0 aliphatic carbocycles. The standard InChI is InChI=1S/C44H85NO5/c1-4-7-10-13-16-17-18-24-32-41-49-43(47)35-29-25-31-38-45(39-40-46)37-30-23-19-22-28-36-44(48)50-42(33-26-20-14-11-8-5-2)34-27-21-15-12-9-6-3/h4,7,42,46H,5-6,8-41H2,1-3H3/b7-4+. The minimum Gasteiger partial charge on any atom is -0.466 e. The van der Waals surface area contributed by atoms with Crippen LogP contribution in [0.4, 0.5) is 0 Å². The minimum atomic E-state index is -0.0574. The van der Waals surface area contributed by atoms with Crippen molar-refractivity contribution in [1.29, 1.82) is 0 Å². The van der Waals surface area contributed by atoms with E-state index in [1.165, 1.54) is 109 Å². The van der Waals surface area contributed by atoms with Crippen LogP contribution in [0.25, 0.3) is 0 Å². The largest absolute Gasteiger partial charge is 0.466 e. The van der Waals surface area contributed by atoms with Gasteiger partial charge >= 0.3 is 11.9 Å². The van der Waals surface area contributed by atoms with Crippen molar-refractivity contribution in [2.24, 2.45) is 0 Å². The molecule has 0 aromatic heterocycles. The van der Waals surface area contributed by atoms with E-state index in [9.17, 15) is 14.7 Å². The molecule has 296 valence electrons. The number of hydrogen-bond donors (Lipinski definition) is 1. The van der Waals surface area contributed by atoms with E-state index >= 15 is 0 Å². The van der Waals surface area contributed by atoms with E-state index in [0.29, 0.717) is 26.0 Å². The molecule has 0 amide bonds. The Bertz CT molecular complexity index is 726. The monoisotopic (exact) mass is 708 g/mol. The third-order valence-corrected chi connectivity index (χ3v) is 9.95. The Labute approximate surface area is 311 Å². The topological polar surface area (TPSA) is 76.1 Å². The van der Waals surface area contributed by atoms with Crippen LogP contribution in [-0.2, 0) is 19.1 Å². The lowest BCUT2D eigenvalue weighted by molar-refractivity contribution is -0.150. The van der Waals surface area contributed by atoms with Crippen molar-refractivity contribution < 1.29 is 24.2 Å². The Morgan fingerprint density at radius 2 is 1.02 bits per heavy atom. The highest BCUT2D eigenvalue weighted by molar-refractivity contribution is 5.69. The van der Waals surface area contributed by atoms with E-state index < -0.39 is 0 Å². The van der Waals surface area contributed by atoms with Crippen LogP contribution in [0.5, 0.6) is 0 Å². The van der Waals surface area contributed by atoms with Crippen molar-refractivity contribution in [3.8, 4) is 0 Å². The Balaban J connectivity index is 3.96. The zero-order chi connectivity index (χ0) is 36.6. The summed E-state index contributed by atoms with van der Waals surface area (Å²) in [4.78, 5) is 27.1. The zero-order valence-electron chi connectivity index (χ0n) is 33.7. The third-order valence-electron chi connectivity index (χ3n) is 9.95. The molecule has 0 bridgehead atoms. The quantitative estimate of drug-likeness (QED) is 0.0388. The van der Waals surface area contributed by atoms with Crippen LogP contribution in [0.1, 0.15) is 220 Å². The van der Waals surface area contributed by atoms with Crippen LogP contribution in [0, 0.1) is 0 Å². The van der Waals surface area contributed by atoms with Gasteiger partial charge in [0.1, 0.15) is 6.10 Å². The molecule has 0 atom stereocenters. The SMILES string of the molecule is C/C=C/CCCCCCCCOC(=O)CCCCCN(CCO)CCCCCCCC(=O)OC(CCCCCCCC)CCCCCCCC. The molecule has 0 unspecified atom stereocenters. The summed E-state index contributed by atoms with van der Waals surface area (Å²) in [5.74, 6) is -0.0514. The number of aliphatic hydroxyl groups is 1. The summed E-state index contributed by atoms with van der Waals surface area (Å²) in [6, 6.07) is 0. The fraction of sp³-hybridized carbons (Fsp3) is 0.909. The van der Waals surface area contributed by atoms with Crippen LogP contribution in [0.2, 0.25) is 0 Å². The van der Waals surface area contributed by atoms with Crippen LogP contribution in [0.15, 0.2) is 12.2 Å². The van der Waals surface area contributed by atoms with Gasteiger partial charge in [-0.3, -0.25) is 9.59 Å². The molecule has 6 heteroatoms. The van der Waals surface area contributed by atoms with Crippen molar-refractivity contribution in [2.45, 2.75) is 226 Å². The van der Waals surface area contributed by atoms with Crippen LogP contribution in [-0.4, -0.2) is 60.9 Å². The lowest BCUT2D eigenvalue weighted by atomic mass is 10.0. The van der Waals surface area contributed by atoms with Gasteiger partial charge in [-0.2, -0.15) is 0 Å². The van der Waals surface area contributed by atoms with Gasteiger partial charge in [-0.15, -0.1) is 0 Å². The highest BCUT2D eigenvalue weighted by atomic mass is 16.5. The van der Waals surface area contributed by atoms with Gasteiger partial charge in [0.2, 0.25) is 0 Å². The Kier molecular flexibility index (Phi) is 39.2. The molecule has 0 saturated heterocycles. The molecule has 0 aromatic rings. The van der Waals surface area contributed by atoms with Crippen LogP contribution < -0.4 is 0 Å². The van der Waals surface area contributed by atoms with Gasteiger partial charge in [0, 0.05) is 19.4 Å². The van der Waals surface area contributed by atoms with Crippen molar-refractivity contribution in [3.63, 3.8) is 0 Å². The second-order valence-corrected chi connectivity index (χ2v) is 14.8. The number of carbonyl (C=O) groups excluding carboxylic acids is 2. The maximum Gasteiger partial charge on any atom is 0.306 e. The average molecular weight is 708 g/mol. The normalized spacial score (nSPS) is 11.7. The lowest BCUT2D eigenvalue weighted by Crippen LogP contribution is -2.29. The van der Waals surface area contributed by atoms with E-state index in [1.807, 2.05) is 0 Å². The smallest absolute Gasteiger partial charge is 0.306 e. The first kappa shape index (κ1) is 48.6. The number of nitrogens with zero attached hydrogens (tertiary/aromatic N) is 1. The first-order chi connectivity index (χ1) is 24.6. The number of carbonyl (C=O) groups is 2. The molecule has 0 radical (unpaired) electrons. The lowest BCUT2D eigenvalue weighted by Gasteiger charge is -2.21. The number of unbranched alkanes of at least 4 members (excludes halogenated alkanes) is 22. The summed E-state index contributed by atoms with van der Waals surface area (Å²) in [7, 11) is 0. The highest BCUT2D eigenvalue weighted by Crippen LogP contribution is 2.18. The van der Waals surface area contributed by atoms with E-state index in [2.05, 4.69) is 37.8 Å². The molecular weight excluding hydrogens is 622 g/mol. The summed E-state index contributed by atoms with van der Waals surface area (Å²) in [6.45, 7) is 10.0. The average Bonchev–Trinajstić information content (AvgIpc) is 3.11. The Morgan fingerprint density at radius 3 is 1.58 bits per heavy atom. The molecule has 50 heavy (non-hydrogen) atoms. The van der Waals surface area contributed by atoms with E-state index in [0.717, 1.165) is 90.1 Å². The molecular formula is C44H85NO5. The van der Waals surface area contributed by atoms with Crippen molar-refractivity contribution in [2.75, 3.05) is 32.8 Å². The summed E-state index contributed by atoms with van der Waals surface area (Å²) in [5.41, 5.74) is 0. The van der Waals surface area contributed by atoms with E-state index in [-0.39, 0.29) is 24.6 Å². The number of esters is 2. The predicted molar refractivity (Wildman–Crippen MR) is 214 cm³/mol. The molecule has 0 fully saturated rings. The van der Waals surface area contributed by atoms with Gasteiger partial charge < -0.3 is 19.5 Å². The zero-order valence-corrected chi connectivity index (χ0v) is 33.7. The fourth-order valence-electron chi connectivity index (χ4n) is 6.70. The number of hydrogen-bond acceptors (Lipinski definition) is 6. The Hall–Kier alpha value is -1.40. The van der Waals surface area contributed by atoms with Crippen LogP contribution >= 0.6 is 0 Å². The number of aliphatic hydroxyl groups excluding tert-OH is 1. The van der Waals surface area contributed by atoms with Crippen molar-refractivity contribution >= 4 is 11.9 Å². The van der Waals surface area contributed by atoms with Gasteiger partial charge in [-0.25, -0.2) is 0 Å². The fourth-order valence-corrected chi connectivity index (χ4v) is 6.70. The van der Waals surface area contributed by atoms with Gasteiger partial charge in [0.05, 0.1) is 13.2 Å². The van der Waals surface area contributed by atoms with Gasteiger partial charge in [-0.1, -0.05) is 142 Å². The molecule has 0 rings (SSSR count). The first-order valence-electron chi connectivity index (χ1n) is 21.9. The minimum absolute atomic E-state index is 0.00601. The number of ether oxygens (including phenoxy) is 2. The molecule has 1 N–H and O–H groups in total. The number of rotatable bonds is 40. The summed E-state index contributed by atoms with van der Waals surface area (Å²) in [6.07, 6.45) is 39.6. The summed E-state index contributed by atoms with van der Waals surface area (Å²) in [5, 5.41) is 9.53. The third kappa shape index (κ3) is 36.4. The molecule has 0 heterocycles. The van der Waals surface area contributed by atoms with Gasteiger partial charge in [0.15, 0.2) is 0 Å². The molecule has 0 aromatic carbocycles. The van der Waals surface area contributed by atoms with Crippen LogP contribution in [0.3, 0.4) is 0 Å². The second kappa shape index (κ2) is 40.4. The van der Waals surface area contributed by atoms with Crippen molar-refractivity contribution in [1.82, 2.24) is 4.90 Å². The molecule has 0 aliphatic heterocycles. The molecule has 6 nitrogen and oxygen atoms in total. The summed E-state index contributed by atoms with van der Waals surface area (Å²) < 4.78 is 11.4. The van der Waals surface area contributed by atoms with Gasteiger partial charge in [0.25, 0.3) is 0 Å². The first-order valence-corrected chi connectivity index (χ1v) is 21.9. The maximum absolute atomic E-state index is 12.7. The number of allylic oxidation sites excluding steroid dienone is 2. The maximum atomic E-state index is 12.7. The van der Waals surface area contributed by atoms with Gasteiger partial charge in [-0.05, 0) is 90.6 Å². The van der Waals surface area contributed by atoms with E-state index in [4.69, 9.17) is 9.47 Å². The molecule has 0 aliphatic rings. The molecule has 0 saturated carbocycles. The van der Waals surface area contributed by atoms with E-state index in [1.54, 1.807) is 0 Å². The summed E-state index contributed by atoms with van der Waals surface area (Å²) >= 11 is 0. The van der Waals surface area contributed by atoms with Crippen molar-refractivity contribution in [3.05, 3.63) is 12.2 Å². The second-order valence-electron chi connectivity index (χ2n) is 14.8. The molecule has 0 spiro atoms.